The Morgan fingerprint density at radius 3 is 2.15 bits per heavy atom. The van der Waals surface area contributed by atoms with Gasteiger partial charge >= 0.3 is 0 Å². The lowest BCUT2D eigenvalue weighted by Crippen LogP contribution is -2.29. The highest BCUT2D eigenvalue weighted by molar-refractivity contribution is 8.19. The topological polar surface area (TPSA) is 40.6 Å². The minimum absolute atomic E-state index is 0.293. The molecule has 0 radical (unpaired) electrons. The highest BCUT2D eigenvalue weighted by Gasteiger charge is 2.36. The number of hydrogen-bond donors (Lipinski definition) is 0. The summed E-state index contributed by atoms with van der Waals surface area (Å²) in [7, 11) is 0. The van der Waals surface area contributed by atoms with Crippen molar-refractivity contribution < 1.29 is 9.59 Å². The Hall–Kier alpha value is -2.24. The van der Waals surface area contributed by atoms with E-state index >= 15 is 0 Å². The average Bonchev–Trinajstić information content (AvgIpc) is 2.97. The first-order valence-electron chi connectivity index (χ1n) is 9.00. The summed E-state index contributed by atoms with van der Waals surface area (Å²) in [6.45, 7) is 2.19. The molecule has 0 spiro atoms. The normalized spacial score (nSPS) is 19.2. The molecule has 2 aromatic carbocycles. The summed E-state index contributed by atoms with van der Waals surface area (Å²) in [5.41, 5.74) is 2.66. The van der Waals surface area contributed by atoms with Crippen LogP contribution in [-0.2, 0) is 4.79 Å². The van der Waals surface area contributed by atoms with Crippen molar-refractivity contribution in [3.05, 3.63) is 64.0 Å². The van der Waals surface area contributed by atoms with Crippen molar-refractivity contribution in [3.63, 3.8) is 0 Å². The number of rotatable bonds is 3. The number of carbonyl (C=O) groups is 2. The van der Waals surface area contributed by atoms with Gasteiger partial charge in [0.15, 0.2) is 0 Å². The fourth-order valence-corrected chi connectivity index (χ4v) is 4.33. The minimum atomic E-state index is -0.299. The molecule has 0 atom stereocenters. The van der Waals surface area contributed by atoms with Crippen LogP contribution in [0.25, 0.3) is 6.08 Å². The van der Waals surface area contributed by atoms with Gasteiger partial charge in [-0.2, -0.15) is 0 Å². The number of halogens is 1. The maximum Gasteiger partial charge on any atom is 0.298 e. The summed E-state index contributed by atoms with van der Waals surface area (Å²) in [6.07, 6.45) is 5.55. The molecule has 2 aromatic rings. The molecule has 0 N–H and O–H groups in total. The highest BCUT2D eigenvalue weighted by atomic mass is 35.5. The van der Waals surface area contributed by atoms with Gasteiger partial charge in [0.1, 0.15) is 0 Å². The van der Waals surface area contributed by atoms with Crippen LogP contribution < -0.4 is 9.80 Å². The van der Waals surface area contributed by atoms with Crippen molar-refractivity contribution in [1.82, 2.24) is 0 Å². The Labute approximate surface area is 167 Å². The van der Waals surface area contributed by atoms with E-state index in [1.54, 1.807) is 30.3 Å². The number of amides is 2. The molecule has 2 aliphatic rings. The molecule has 0 saturated carbocycles. The third-order valence-electron chi connectivity index (χ3n) is 4.79. The van der Waals surface area contributed by atoms with Gasteiger partial charge in [0.05, 0.1) is 10.6 Å². The van der Waals surface area contributed by atoms with Crippen molar-refractivity contribution in [1.29, 1.82) is 0 Å². The summed E-state index contributed by atoms with van der Waals surface area (Å²) in [5, 5.41) is 0.272. The maximum atomic E-state index is 12.7. The smallest absolute Gasteiger partial charge is 0.298 e. The van der Waals surface area contributed by atoms with Gasteiger partial charge in [-0.25, -0.2) is 4.90 Å². The standard InChI is InChI=1S/C21H19ClN2O2S/c22-16-6-10-18(11-7-16)24-20(25)19(27-21(24)26)14-15-4-8-17(9-5-15)23-12-2-1-3-13-23/h4-11,14H,1-3,12-13H2/b19-14+. The van der Waals surface area contributed by atoms with E-state index in [4.69, 9.17) is 11.6 Å². The van der Waals surface area contributed by atoms with Gasteiger partial charge in [-0.15, -0.1) is 0 Å². The number of imide groups is 1. The molecular formula is C21H19ClN2O2S. The van der Waals surface area contributed by atoms with E-state index < -0.39 is 0 Å². The van der Waals surface area contributed by atoms with E-state index in [1.807, 2.05) is 12.1 Å². The highest BCUT2D eigenvalue weighted by Crippen LogP contribution is 2.36. The largest absolute Gasteiger partial charge is 0.372 e. The Morgan fingerprint density at radius 2 is 1.48 bits per heavy atom. The quantitative estimate of drug-likeness (QED) is 0.633. The predicted octanol–water partition coefficient (Wildman–Crippen LogP) is 5.57. The van der Waals surface area contributed by atoms with Crippen molar-refractivity contribution in [2.75, 3.05) is 22.9 Å². The van der Waals surface area contributed by atoms with Crippen molar-refractivity contribution in [3.8, 4) is 0 Å². The maximum absolute atomic E-state index is 12.7. The molecule has 6 heteroatoms. The lowest BCUT2D eigenvalue weighted by atomic mass is 10.1. The Balaban J connectivity index is 1.53. The van der Waals surface area contributed by atoms with Gasteiger partial charge in [0.2, 0.25) is 0 Å². The number of piperidine rings is 1. The van der Waals surface area contributed by atoms with Crippen molar-refractivity contribution in [2.24, 2.45) is 0 Å². The Kier molecular flexibility index (Phi) is 5.23. The average molecular weight is 399 g/mol. The molecule has 4 rings (SSSR count). The third kappa shape index (κ3) is 3.89. The van der Waals surface area contributed by atoms with Gasteiger partial charge in [0.25, 0.3) is 11.1 Å². The molecule has 2 saturated heterocycles. The van der Waals surface area contributed by atoms with Gasteiger partial charge in [0, 0.05) is 23.8 Å². The summed E-state index contributed by atoms with van der Waals surface area (Å²) in [4.78, 5) is 29.0. The molecule has 0 unspecified atom stereocenters. The van der Waals surface area contributed by atoms with Crippen LogP contribution in [0.15, 0.2) is 53.4 Å². The molecule has 0 aromatic heterocycles. The number of hydrogen-bond acceptors (Lipinski definition) is 4. The van der Waals surface area contributed by atoms with Gasteiger partial charge in [-0.05, 0) is 79.1 Å². The van der Waals surface area contributed by atoms with E-state index in [0.717, 1.165) is 30.4 Å². The zero-order valence-electron chi connectivity index (χ0n) is 14.7. The zero-order chi connectivity index (χ0) is 18.8. The summed E-state index contributed by atoms with van der Waals surface area (Å²) in [6, 6.07) is 14.9. The molecule has 0 aliphatic carbocycles. The minimum Gasteiger partial charge on any atom is -0.372 e. The summed E-state index contributed by atoms with van der Waals surface area (Å²) < 4.78 is 0. The first-order chi connectivity index (χ1) is 13.1. The van der Waals surface area contributed by atoms with Gasteiger partial charge < -0.3 is 4.90 Å². The lowest BCUT2D eigenvalue weighted by Gasteiger charge is -2.28. The van der Waals surface area contributed by atoms with E-state index in [9.17, 15) is 9.59 Å². The molecule has 2 fully saturated rings. The van der Waals surface area contributed by atoms with Crippen LogP contribution in [0.5, 0.6) is 0 Å². The van der Waals surface area contributed by atoms with Crippen molar-refractivity contribution in [2.45, 2.75) is 19.3 Å². The van der Waals surface area contributed by atoms with Crippen LogP contribution in [0.3, 0.4) is 0 Å². The van der Waals surface area contributed by atoms with Crippen LogP contribution in [0.2, 0.25) is 5.02 Å². The fraction of sp³-hybridized carbons (Fsp3) is 0.238. The van der Waals surface area contributed by atoms with Crippen LogP contribution in [0.1, 0.15) is 24.8 Å². The monoisotopic (exact) mass is 398 g/mol. The van der Waals surface area contributed by atoms with E-state index in [-0.39, 0.29) is 11.1 Å². The SMILES string of the molecule is O=C1S/C(=C/c2ccc(N3CCCCC3)cc2)C(=O)N1c1ccc(Cl)cc1. The molecule has 2 aliphatic heterocycles. The van der Waals surface area contributed by atoms with E-state index in [0.29, 0.717) is 15.6 Å². The molecule has 2 heterocycles. The lowest BCUT2D eigenvalue weighted by molar-refractivity contribution is -0.113. The molecule has 27 heavy (non-hydrogen) atoms. The number of nitrogens with zero attached hydrogens (tertiary/aromatic N) is 2. The Morgan fingerprint density at radius 1 is 0.852 bits per heavy atom. The number of thioether (sulfide) groups is 1. The second-order valence-corrected chi connectivity index (χ2v) is 8.06. The molecule has 2 amide bonds. The van der Waals surface area contributed by atoms with E-state index in [1.165, 1.54) is 29.8 Å². The zero-order valence-corrected chi connectivity index (χ0v) is 16.3. The van der Waals surface area contributed by atoms with Crippen LogP contribution >= 0.6 is 23.4 Å². The van der Waals surface area contributed by atoms with Crippen LogP contribution in [0, 0.1) is 0 Å². The van der Waals surface area contributed by atoms with Gasteiger partial charge in [-0.3, -0.25) is 9.59 Å². The fourth-order valence-electron chi connectivity index (χ4n) is 3.37. The first-order valence-corrected chi connectivity index (χ1v) is 10.2. The third-order valence-corrected chi connectivity index (χ3v) is 5.91. The molecular weight excluding hydrogens is 380 g/mol. The second-order valence-electron chi connectivity index (χ2n) is 6.63. The molecule has 4 nitrogen and oxygen atoms in total. The summed E-state index contributed by atoms with van der Waals surface area (Å²) in [5.74, 6) is -0.299. The predicted molar refractivity (Wildman–Crippen MR) is 112 cm³/mol. The number of carbonyl (C=O) groups excluding carboxylic acids is 2. The van der Waals surface area contributed by atoms with Gasteiger partial charge in [-0.1, -0.05) is 23.7 Å². The van der Waals surface area contributed by atoms with Crippen LogP contribution in [-0.4, -0.2) is 24.2 Å². The molecule has 0 bridgehead atoms. The summed E-state index contributed by atoms with van der Waals surface area (Å²) >= 11 is 6.85. The van der Waals surface area contributed by atoms with E-state index in [2.05, 4.69) is 17.0 Å². The number of anilines is 2. The van der Waals surface area contributed by atoms with Crippen molar-refractivity contribution >= 4 is 52.0 Å². The molecule has 138 valence electrons. The second kappa shape index (κ2) is 7.79. The first kappa shape index (κ1) is 18.1. The Bertz CT molecular complexity index is 887. The number of benzene rings is 2. The van der Waals surface area contributed by atoms with Crippen LogP contribution in [0.4, 0.5) is 16.2 Å².